The first-order chi connectivity index (χ1) is 12.4. The van der Waals surface area contributed by atoms with Gasteiger partial charge in [0.2, 0.25) is 10.0 Å². The van der Waals surface area contributed by atoms with E-state index in [1.165, 1.54) is 11.1 Å². The Labute approximate surface area is 161 Å². The third kappa shape index (κ3) is 5.46. The molecular formula is C17H30N4O3S2. The van der Waals surface area contributed by atoms with E-state index in [4.69, 9.17) is 4.74 Å². The van der Waals surface area contributed by atoms with E-state index in [-0.39, 0.29) is 6.04 Å². The van der Waals surface area contributed by atoms with Gasteiger partial charge in [-0.2, -0.15) is 4.31 Å². The summed E-state index contributed by atoms with van der Waals surface area (Å²) in [5.41, 5.74) is 2.97. The molecule has 1 aromatic rings. The Hall–Kier alpha value is -0.580. The molecule has 3 rings (SSSR count). The van der Waals surface area contributed by atoms with Crippen molar-refractivity contribution in [3.8, 4) is 0 Å². The predicted molar refractivity (Wildman–Crippen MR) is 104 cm³/mol. The fourth-order valence-corrected chi connectivity index (χ4v) is 5.76. The van der Waals surface area contributed by atoms with Crippen LogP contribution in [-0.2, 0) is 21.3 Å². The minimum absolute atomic E-state index is 0.0860. The monoisotopic (exact) mass is 402 g/mol. The summed E-state index contributed by atoms with van der Waals surface area (Å²) < 4.78 is 31.8. The van der Waals surface area contributed by atoms with Crippen LogP contribution in [0.5, 0.6) is 0 Å². The maximum Gasteiger partial charge on any atom is 0.211 e. The van der Waals surface area contributed by atoms with E-state index in [2.05, 4.69) is 14.8 Å². The van der Waals surface area contributed by atoms with E-state index in [9.17, 15) is 8.42 Å². The number of aromatic nitrogens is 1. The van der Waals surface area contributed by atoms with Gasteiger partial charge >= 0.3 is 0 Å². The fraction of sp³-hybridized carbons (Fsp3) is 0.824. The maximum atomic E-state index is 12.3. The first-order valence-electron chi connectivity index (χ1n) is 9.31. The average molecular weight is 403 g/mol. The zero-order chi connectivity index (χ0) is 18.6. The highest BCUT2D eigenvalue weighted by Gasteiger charge is 2.32. The topological polar surface area (TPSA) is 66.0 Å². The van der Waals surface area contributed by atoms with Gasteiger partial charge in [-0.25, -0.2) is 13.4 Å². The number of thiazole rings is 1. The summed E-state index contributed by atoms with van der Waals surface area (Å²) in [6.45, 7) is 9.66. The summed E-state index contributed by atoms with van der Waals surface area (Å²) in [6, 6.07) is 0.0860. The maximum absolute atomic E-state index is 12.3. The van der Waals surface area contributed by atoms with Crippen LogP contribution < -0.4 is 0 Å². The first kappa shape index (κ1) is 20.2. The van der Waals surface area contributed by atoms with Gasteiger partial charge in [-0.15, -0.1) is 11.3 Å². The lowest BCUT2D eigenvalue weighted by Crippen LogP contribution is -2.43. The van der Waals surface area contributed by atoms with Crippen molar-refractivity contribution >= 4 is 21.4 Å². The third-order valence-electron chi connectivity index (χ3n) is 5.25. The Bertz CT molecular complexity index is 673. The van der Waals surface area contributed by atoms with Crippen molar-refractivity contribution in [3.05, 3.63) is 16.1 Å². The molecule has 1 aromatic heterocycles. The molecule has 0 N–H and O–H groups in total. The molecule has 148 valence electrons. The molecule has 0 bridgehead atoms. The standard InChI is InChI=1S/C17H30N4O3S2/c1-15-17(25-14-18-15)13-20-7-4-16(12-20)21(26(2,22)23)6-3-5-19-8-10-24-11-9-19/h14,16H,3-13H2,1-2H3. The summed E-state index contributed by atoms with van der Waals surface area (Å²) in [4.78, 5) is 10.3. The van der Waals surface area contributed by atoms with Crippen molar-refractivity contribution in [2.45, 2.75) is 32.4 Å². The largest absolute Gasteiger partial charge is 0.379 e. The average Bonchev–Trinajstić information content (AvgIpc) is 3.21. The molecule has 1 unspecified atom stereocenters. The Kier molecular flexibility index (Phi) is 7.04. The van der Waals surface area contributed by atoms with Gasteiger partial charge in [0.25, 0.3) is 0 Å². The molecule has 1 atom stereocenters. The van der Waals surface area contributed by atoms with E-state index in [1.54, 1.807) is 15.6 Å². The van der Waals surface area contributed by atoms with Crippen LogP contribution in [0.15, 0.2) is 5.51 Å². The Morgan fingerprint density at radius 1 is 1.31 bits per heavy atom. The number of hydrogen-bond donors (Lipinski definition) is 0. The van der Waals surface area contributed by atoms with Crippen molar-refractivity contribution in [1.29, 1.82) is 0 Å². The molecule has 0 spiro atoms. The van der Waals surface area contributed by atoms with Crippen molar-refractivity contribution in [2.24, 2.45) is 0 Å². The van der Waals surface area contributed by atoms with Crippen LogP contribution in [0.25, 0.3) is 0 Å². The van der Waals surface area contributed by atoms with Crippen molar-refractivity contribution in [2.75, 3.05) is 58.7 Å². The van der Waals surface area contributed by atoms with Gasteiger partial charge in [-0.1, -0.05) is 0 Å². The predicted octanol–water partition coefficient (Wildman–Crippen LogP) is 1.01. The molecule has 2 aliphatic rings. The molecule has 9 heteroatoms. The van der Waals surface area contributed by atoms with Crippen molar-refractivity contribution < 1.29 is 13.2 Å². The number of ether oxygens (including phenoxy) is 1. The Morgan fingerprint density at radius 3 is 2.73 bits per heavy atom. The highest BCUT2D eigenvalue weighted by molar-refractivity contribution is 7.88. The quantitative estimate of drug-likeness (QED) is 0.647. The van der Waals surface area contributed by atoms with Gasteiger partial charge in [0.05, 0.1) is 30.7 Å². The molecule has 2 fully saturated rings. The van der Waals surface area contributed by atoms with Crippen molar-refractivity contribution in [1.82, 2.24) is 19.1 Å². The molecule has 3 heterocycles. The molecular weight excluding hydrogens is 372 g/mol. The van der Waals surface area contributed by atoms with Crippen LogP contribution in [0.2, 0.25) is 0 Å². The second-order valence-electron chi connectivity index (χ2n) is 7.22. The fourth-order valence-electron chi connectivity index (χ4n) is 3.77. The van der Waals surface area contributed by atoms with E-state index >= 15 is 0 Å². The summed E-state index contributed by atoms with van der Waals surface area (Å²) in [6.07, 6.45) is 3.12. The molecule has 0 saturated carbocycles. The molecule has 2 saturated heterocycles. The zero-order valence-corrected chi connectivity index (χ0v) is 17.4. The van der Waals surface area contributed by atoms with Crippen LogP contribution in [0.4, 0.5) is 0 Å². The molecule has 0 amide bonds. The van der Waals surface area contributed by atoms with Crippen molar-refractivity contribution in [3.63, 3.8) is 0 Å². The SMILES string of the molecule is Cc1ncsc1CN1CCC(N(CCCN2CCOCC2)S(C)(=O)=O)C1. The van der Waals surface area contributed by atoms with E-state index < -0.39 is 10.0 Å². The minimum Gasteiger partial charge on any atom is -0.379 e. The highest BCUT2D eigenvalue weighted by Crippen LogP contribution is 2.23. The number of sulfonamides is 1. The number of hydrogen-bond acceptors (Lipinski definition) is 7. The molecule has 0 aliphatic carbocycles. The Morgan fingerprint density at radius 2 is 2.08 bits per heavy atom. The lowest BCUT2D eigenvalue weighted by atomic mass is 10.2. The minimum atomic E-state index is -3.19. The van der Waals surface area contributed by atoms with Gasteiger partial charge in [0, 0.05) is 50.2 Å². The summed E-state index contributed by atoms with van der Waals surface area (Å²) in [5, 5.41) is 0. The van der Waals surface area contributed by atoms with Gasteiger partial charge in [0.1, 0.15) is 0 Å². The zero-order valence-electron chi connectivity index (χ0n) is 15.8. The normalized spacial score (nSPS) is 23.1. The van der Waals surface area contributed by atoms with Gasteiger partial charge < -0.3 is 4.74 Å². The highest BCUT2D eigenvalue weighted by atomic mass is 32.2. The summed E-state index contributed by atoms with van der Waals surface area (Å²) >= 11 is 1.68. The van der Waals surface area contributed by atoms with Gasteiger partial charge in [-0.05, 0) is 26.3 Å². The first-order valence-corrected chi connectivity index (χ1v) is 12.0. The molecule has 0 radical (unpaired) electrons. The number of likely N-dealkylation sites (tertiary alicyclic amines) is 1. The van der Waals surface area contributed by atoms with Crippen LogP contribution in [-0.4, -0.2) is 92.3 Å². The number of morpholine rings is 1. The third-order valence-corrected chi connectivity index (χ3v) is 7.50. The lowest BCUT2D eigenvalue weighted by molar-refractivity contribution is 0.0366. The molecule has 2 aliphatic heterocycles. The van der Waals surface area contributed by atoms with Crippen LogP contribution in [0.3, 0.4) is 0 Å². The molecule has 0 aromatic carbocycles. The van der Waals surface area contributed by atoms with Crippen LogP contribution >= 0.6 is 11.3 Å². The van der Waals surface area contributed by atoms with E-state index in [1.807, 2.05) is 12.4 Å². The number of rotatable bonds is 8. The molecule has 7 nitrogen and oxygen atoms in total. The smallest absolute Gasteiger partial charge is 0.211 e. The lowest BCUT2D eigenvalue weighted by Gasteiger charge is -2.30. The second kappa shape index (κ2) is 9.07. The molecule has 26 heavy (non-hydrogen) atoms. The number of nitrogens with zero attached hydrogens (tertiary/aromatic N) is 4. The van der Waals surface area contributed by atoms with Crippen LogP contribution in [0, 0.1) is 6.92 Å². The summed E-state index contributed by atoms with van der Waals surface area (Å²) in [5.74, 6) is 0. The van der Waals surface area contributed by atoms with Crippen LogP contribution in [0.1, 0.15) is 23.4 Å². The van der Waals surface area contributed by atoms with E-state index in [0.717, 1.165) is 71.0 Å². The van der Waals surface area contributed by atoms with E-state index in [0.29, 0.717) is 6.54 Å². The van der Waals surface area contributed by atoms with Gasteiger partial charge in [-0.3, -0.25) is 9.80 Å². The number of aryl methyl sites for hydroxylation is 1. The summed E-state index contributed by atoms with van der Waals surface area (Å²) in [7, 11) is -3.19. The van der Waals surface area contributed by atoms with Gasteiger partial charge in [0.15, 0.2) is 0 Å². The Balaban J connectivity index is 1.52. The second-order valence-corrected chi connectivity index (χ2v) is 10.1.